The minimum absolute atomic E-state index is 0.302. The second kappa shape index (κ2) is 6.05. The standard InChI is InChI=1S/C10H20BrNO2/c1-8(13-3)5-12-6-9(2)14-10(4-11)7-12/h8-10H,4-7H2,1-3H3. The molecule has 1 aliphatic heterocycles. The maximum Gasteiger partial charge on any atom is 0.0802 e. The number of alkyl halides is 1. The summed E-state index contributed by atoms with van der Waals surface area (Å²) >= 11 is 3.47. The van der Waals surface area contributed by atoms with Crippen molar-refractivity contribution in [2.75, 3.05) is 32.1 Å². The van der Waals surface area contributed by atoms with Crippen molar-refractivity contribution in [1.29, 1.82) is 0 Å². The van der Waals surface area contributed by atoms with Crippen molar-refractivity contribution in [2.45, 2.75) is 32.2 Å². The van der Waals surface area contributed by atoms with Crippen LogP contribution in [-0.4, -0.2) is 55.3 Å². The van der Waals surface area contributed by atoms with E-state index in [1.54, 1.807) is 7.11 Å². The Morgan fingerprint density at radius 2 is 2.29 bits per heavy atom. The molecule has 3 nitrogen and oxygen atoms in total. The van der Waals surface area contributed by atoms with Gasteiger partial charge in [0.05, 0.1) is 18.3 Å². The van der Waals surface area contributed by atoms with Gasteiger partial charge in [-0.15, -0.1) is 0 Å². The van der Waals surface area contributed by atoms with Gasteiger partial charge >= 0.3 is 0 Å². The van der Waals surface area contributed by atoms with Crippen LogP contribution in [0.4, 0.5) is 0 Å². The molecule has 0 aliphatic carbocycles. The number of nitrogens with zero attached hydrogens (tertiary/aromatic N) is 1. The van der Waals surface area contributed by atoms with Crippen LogP contribution in [0.3, 0.4) is 0 Å². The summed E-state index contributed by atoms with van der Waals surface area (Å²) < 4.78 is 11.0. The zero-order chi connectivity index (χ0) is 10.6. The molecule has 84 valence electrons. The first kappa shape index (κ1) is 12.4. The predicted octanol–water partition coefficient (Wildman–Crippen LogP) is 1.51. The monoisotopic (exact) mass is 265 g/mol. The predicted molar refractivity (Wildman–Crippen MR) is 61.0 cm³/mol. The summed E-state index contributed by atoms with van der Waals surface area (Å²) in [4.78, 5) is 2.41. The minimum atomic E-state index is 0.302. The highest BCUT2D eigenvalue weighted by atomic mass is 79.9. The maximum atomic E-state index is 5.75. The number of halogens is 1. The Hall–Kier alpha value is 0.360. The summed E-state index contributed by atoms with van der Waals surface area (Å²) in [7, 11) is 1.76. The lowest BCUT2D eigenvalue weighted by Gasteiger charge is -2.37. The molecule has 4 heteroatoms. The molecule has 1 rings (SSSR count). The Kier molecular flexibility index (Phi) is 5.38. The molecule has 0 saturated carbocycles. The molecule has 3 atom stereocenters. The maximum absolute atomic E-state index is 5.75. The minimum Gasteiger partial charge on any atom is -0.380 e. The molecule has 0 radical (unpaired) electrons. The van der Waals surface area contributed by atoms with Gasteiger partial charge in [-0.25, -0.2) is 0 Å². The molecule has 1 fully saturated rings. The number of methoxy groups -OCH3 is 1. The van der Waals surface area contributed by atoms with Crippen LogP contribution in [0.15, 0.2) is 0 Å². The number of morpholine rings is 1. The van der Waals surface area contributed by atoms with Gasteiger partial charge in [0.25, 0.3) is 0 Å². The van der Waals surface area contributed by atoms with E-state index in [1.165, 1.54) is 0 Å². The lowest BCUT2D eigenvalue weighted by atomic mass is 10.2. The molecule has 0 aromatic heterocycles. The van der Waals surface area contributed by atoms with Crippen LogP contribution in [0, 0.1) is 0 Å². The second-order valence-electron chi connectivity index (χ2n) is 3.99. The van der Waals surface area contributed by atoms with Gasteiger partial charge in [-0.2, -0.15) is 0 Å². The lowest BCUT2D eigenvalue weighted by Crippen LogP contribution is -2.49. The summed E-state index contributed by atoms with van der Waals surface area (Å²) in [5.41, 5.74) is 0. The first-order chi connectivity index (χ1) is 6.65. The lowest BCUT2D eigenvalue weighted by molar-refractivity contribution is -0.0753. The first-order valence-electron chi connectivity index (χ1n) is 5.12. The molecule has 1 saturated heterocycles. The second-order valence-corrected chi connectivity index (χ2v) is 4.64. The van der Waals surface area contributed by atoms with Gasteiger partial charge in [0.1, 0.15) is 0 Å². The number of ether oxygens (including phenoxy) is 2. The van der Waals surface area contributed by atoms with Crippen LogP contribution in [0.25, 0.3) is 0 Å². The smallest absolute Gasteiger partial charge is 0.0802 e. The van der Waals surface area contributed by atoms with Crippen molar-refractivity contribution < 1.29 is 9.47 Å². The van der Waals surface area contributed by atoms with E-state index >= 15 is 0 Å². The van der Waals surface area contributed by atoms with Crippen molar-refractivity contribution >= 4 is 15.9 Å². The molecule has 0 aromatic carbocycles. The Morgan fingerprint density at radius 3 is 2.86 bits per heavy atom. The molecule has 3 unspecified atom stereocenters. The fourth-order valence-electron chi connectivity index (χ4n) is 1.81. The highest BCUT2D eigenvalue weighted by molar-refractivity contribution is 9.09. The van der Waals surface area contributed by atoms with Crippen LogP contribution in [0.5, 0.6) is 0 Å². The third-order valence-corrected chi connectivity index (χ3v) is 3.21. The molecule has 14 heavy (non-hydrogen) atoms. The zero-order valence-electron chi connectivity index (χ0n) is 9.20. The van der Waals surface area contributed by atoms with E-state index < -0.39 is 0 Å². The Bertz CT molecular complexity index is 166. The number of rotatable bonds is 4. The SMILES string of the molecule is COC(C)CN1CC(C)OC(CBr)C1. The van der Waals surface area contributed by atoms with Crippen molar-refractivity contribution in [2.24, 2.45) is 0 Å². The van der Waals surface area contributed by atoms with Crippen LogP contribution in [-0.2, 0) is 9.47 Å². The number of hydrogen-bond donors (Lipinski definition) is 0. The molecule has 0 bridgehead atoms. The van der Waals surface area contributed by atoms with Gasteiger partial charge in [0, 0.05) is 32.1 Å². The summed E-state index contributed by atoms with van der Waals surface area (Å²) in [6.07, 6.45) is 0.953. The molecule has 0 aromatic rings. The van der Waals surface area contributed by atoms with Crippen LogP contribution in [0.1, 0.15) is 13.8 Å². The Labute approximate surface area is 94.9 Å². The van der Waals surface area contributed by atoms with E-state index in [1.807, 2.05) is 0 Å². The van der Waals surface area contributed by atoms with Crippen LogP contribution in [0.2, 0.25) is 0 Å². The van der Waals surface area contributed by atoms with Gasteiger partial charge < -0.3 is 9.47 Å². The van der Waals surface area contributed by atoms with E-state index in [0.717, 1.165) is 25.0 Å². The molecular weight excluding hydrogens is 246 g/mol. The number of hydrogen-bond acceptors (Lipinski definition) is 3. The van der Waals surface area contributed by atoms with E-state index in [-0.39, 0.29) is 0 Å². The highest BCUT2D eigenvalue weighted by Gasteiger charge is 2.25. The summed E-state index contributed by atoms with van der Waals surface area (Å²) in [6.45, 7) is 7.23. The van der Waals surface area contributed by atoms with Gasteiger partial charge in [-0.3, -0.25) is 4.90 Å². The van der Waals surface area contributed by atoms with Crippen LogP contribution < -0.4 is 0 Å². The molecule has 0 spiro atoms. The Morgan fingerprint density at radius 1 is 1.57 bits per heavy atom. The third-order valence-electron chi connectivity index (χ3n) is 2.49. The normalized spacial score (nSPS) is 31.7. The fourth-order valence-corrected chi connectivity index (χ4v) is 2.17. The van der Waals surface area contributed by atoms with E-state index in [2.05, 4.69) is 34.7 Å². The van der Waals surface area contributed by atoms with Gasteiger partial charge in [0.2, 0.25) is 0 Å². The third kappa shape index (κ3) is 3.85. The van der Waals surface area contributed by atoms with Crippen LogP contribution >= 0.6 is 15.9 Å². The molecular formula is C10H20BrNO2. The molecule has 1 heterocycles. The quantitative estimate of drug-likeness (QED) is 0.720. The first-order valence-corrected chi connectivity index (χ1v) is 6.24. The average Bonchev–Trinajstić information content (AvgIpc) is 2.16. The van der Waals surface area contributed by atoms with Gasteiger partial charge in [-0.1, -0.05) is 15.9 Å². The van der Waals surface area contributed by atoms with E-state index in [9.17, 15) is 0 Å². The largest absolute Gasteiger partial charge is 0.380 e. The highest BCUT2D eigenvalue weighted by Crippen LogP contribution is 2.13. The van der Waals surface area contributed by atoms with Crippen molar-refractivity contribution in [3.63, 3.8) is 0 Å². The van der Waals surface area contributed by atoms with E-state index in [0.29, 0.717) is 18.3 Å². The fraction of sp³-hybridized carbons (Fsp3) is 1.00. The van der Waals surface area contributed by atoms with Crippen molar-refractivity contribution in [3.05, 3.63) is 0 Å². The summed E-state index contributed by atoms with van der Waals surface area (Å²) in [6, 6.07) is 0. The zero-order valence-corrected chi connectivity index (χ0v) is 10.8. The van der Waals surface area contributed by atoms with E-state index in [4.69, 9.17) is 9.47 Å². The topological polar surface area (TPSA) is 21.7 Å². The molecule has 0 amide bonds. The average molecular weight is 266 g/mol. The molecule has 0 N–H and O–H groups in total. The summed E-state index contributed by atoms with van der Waals surface area (Å²) in [5, 5.41) is 0.912. The molecule has 1 aliphatic rings. The Balaban J connectivity index is 2.37. The van der Waals surface area contributed by atoms with Gasteiger partial charge in [-0.05, 0) is 13.8 Å². The summed E-state index contributed by atoms with van der Waals surface area (Å²) in [5.74, 6) is 0. The van der Waals surface area contributed by atoms with Crippen molar-refractivity contribution in [1.82, 2.24) is 4.90 Å². The van der Waals surface area contributed by atoms with Gasteiger partial charge in [0.15, 0.2) is 0 Å². The van der Waals surface area contributed by atoms with Crippen molar-refractivity contribution in [3.8, 4) is 0 Å².